The van der Waals surface area contributed by atoms with Crippen LogP contribution in [0.5, 0.6) is 0 Å². The maximum atomic E-state index is 15.3. The summed E-state index contributed by atoms with van der Waals surface area (Å²) in [7, 11) is 0. The predicted octanol–water partition coefficient (Wildman–Crippen LogP) is 3.39. The molecule has 1 fully saturated rings. The van der Waals surface area contributed by atoms with Crippen molar-refractivity contribution in [3.8, 4) is 11.5 Å². The Morgan fingerprint density at radius 2 is 2.00 bits per heavy atom. The van der Waals surface area contributed by atoms with E-state index in [1.807, 2.05) is 6.07 Å². The maximum Gasteiger partial charge on any atom is 0.263 e. The number of alkyl halides is 1. The molecule has 158 valence electrons. The molecular formula is C21H25FN6O2. The first kappa shape index (κ1) is 20.3. The molecule has 30 heavy (non-hydrogen) atoms. The van der Waals surface area contributed by atoms with E-state index in [1.165, 1.54) is 0 Å². The summed E-state index contributed by atoms with van der Waals surface area (Å²) in [5.74, 6) is 0.980. The number of likely N-dealkylation sites (tertiary alicyclic amines) is 1. The van der Waals surface area contributed by atoms with E-state index in [9.17, 15) is 4.79 Å². The molecule has 0 bridgehead atoms. The van der Waals surface area contributed by atoms with Gasteiger partial charge in [0, 0.05) is 51.0 Å². The molecule has 0 saturated carbocycles. The second kappa shape index (κ2) is 8.06. The molecule has 4 heterocycles. The molecule has 0 aliphatic carbocycles. The molecular weight excluding hydrogens is 387 g/mol. The van der Waals surface area contributed by atoms with E-state index in [4.69, 9.17) is 4.42 Å². The summed E-state index contributed by atoms with van der Waals surface area (Å²) < 4.78 is 20.7. The molecule has 9 heteroatoms. The summed E-state index contributed by atoms with van der Waals surface area (Å²) in [6.07, 6.45) is 3.53. The van der Waals surface area contributed by atoms with E-state index >= 15 is 4.39 Å². The zero-order valence-corrected chi connectivity index (χ0v) is 17.4. The van der Waals surface area contributed by atoms with Gasteiger partial charge >= 0.3 is 0 Å². The third kappa shape index (κ3) is 4.30. The highest BCUT2D eigenvalue weighted by Crippen LogP contribution is 2.29. The summed E-state index contributed by atoms with van der Waals surface area (Å²) >= 11 is 0. The molecule has 1 aliphatic rings. The van der Waals surface area contributed by atoms with Gasteiger partial charge < -0.3 is 14.6 Å². The predicted molar refractivity (Wildman–Crippen MR) is 111 cm³/mol. The summed E-state index contributed by atoms with van der Waals surface area (Å²) in [6, 6.07) is 3.49. The van der Waals surface area contributed by atoms with Crippen LogP contribution in [0.1, 0.15) is 32.6 Å². The molecule has 3 aromatic rings. The van der Waals surface area contributed by atoms with Gasteiger partial charge in [-0.2, -0.15) is 0 Å². The van der Waals surface area contributed by atoms with Crippen LogP contribution in [0.4, 0.5) is 10.2 Å². The maximum absolute atomic E-state index is 15.3. The highest BCUT2D eigenvalue weighted by atomic mass is 19.1. The van der Waals surface area contributed by atoms with E-state index in [0.717, 1.165) is 11.9 Å². The molecule has 1 amide bonds. The van der Waals surface area contributed by atoms with Gasteiger partial charge in [-0.25, -0.2) is 9.37 Å². The Morgan fingerprint density at radius 3 is 2.67 bits per heavy atom. The van der Waals surface area contributed by atoms with Crippen LogP contribution < -0.4 is 5.32 Å². The second-order valence-corrected chi connectivity index (χ2v) is 8.23. The number of hydrogen-bond acceptors (Lipinski definition) is 7. The summed E-state index contributed by atoms with van der Waals surface area (Å²) in [5.41, 5.74) is -0.582. The SMILES string of the molecule is Cc1nnc(-c2cnc3cnc(NC(=O)C4(F)CCN(CC(C)C)CC4)cc3c2)o1. The Morgan fingerprint density at radius 1 is 1.23 bits per heavy atom. The van der Waals surface area contributed by atoms with Crippen molar-refractivity contribution in [1.82, 2.24) is 25.1 Å². The van der Waals surface area contributed by atoms with Gasteiger partial charge in [0.1, 0.15) is 5.82 Å². The van der Waals surface area contributed by atoms with E-state index in [1.54, 1.807) is 25.4 Å². The standard InChI is InChI=1S/C21H25FN6O2/c1-13(2)12-28-6-4-21(22,5-7-28)20(29)25-18-9-15-8-16(10-23-17(15)11-24-18)19-27-26-14(3)30-19/h8-11,13H,4-7,12H2,1-3H3,(H,24,25,29). The Labute approximate surface area is 173 Å². The number of carbonyl (C=O) groups is 1. The van der Waals surface area contributed by atoms with Gasteiger partial charge in [-0.3, -0.25) is 9.78 Å². The quantitative estimate of drug-likeness (QED) is 0.686. The minimum Gasteiger partial charge on any atom is -0.421 e. The third-order valence-electron chi connectivity index (χ3n) is 5.26. The number of hydrogen-bond donors (Lipinski definition) is 1. The van der Waals surface area contributed by atoms with Crippen LogP contribution in [0.25, 0.3) is 22.4 Å². The number of nitrogens with zero attached hydrogens (tertiary/aromatic N) is 5. The van der Waals surface area contributed by atoms with Crippen molar-refractivity contribution < 1.29 is 13.6 Å². The zero-order chi connectivity index (χ0) is 21.3. The summed E-state index contributed by atoms with van der Waals surface area (Å²) in [6.45, 7) is 8.04. The van der Waals surface area contributed by atoms with Crippen molar-refractivity contribution >= 4 is 22.6 Å². The molecule has 0 unspecified atom stereocenters. The van der Waals surface area contributed by atoms with Crippen LogP contribution in [0, 0.1) is 12.8 Å². The number of pyridine rings is 2. The molecule has 1 N–H and O–H groups in total. The van der Waals surface area contributed by atoms with Gasteiger partial charge in [0.05, 0.1) is 17.3 Å². The fourth-order valence-electron chi connectivity index (χ4n) is 3.69. The van der Waals surface area contributed by atoms with E-state index in [-0.39, 0.29) is 18.7 Å². The molecule has 0 atom stereocenters. The van der Waals surface area contributed by atoms with Crippen LogP contribution >= 0.6 is 0 Å². The number of carbonyl (C=O) groups excluding carboxylic acids is 1. The van der Waals surface area contributed by atoms with Crippen LogP contribution in [0.15, 0.2) is 28.9 Å². The van der Waals surface area contributed by atoms with Gasteiger partial charge in [0.2, 0.25) is 11.8 Å². The normalized spacial score (nSPS) is 16.8. The lowest BCUT2D eigenvalue weighted by atomic mass is 9.92. The lowest BCUT2D eigenvalue weighted by molar-refractivity contribution is -0.130. The number of halogens is 1. The number of rotatable bonds is 5. The molecule has 1 aliphatic heterocycles. The molecule has 4 rings (SSSR count). The average Bonchev–Trinajstić information content (AvgIpc) is 3.15. The Kier molecular flexibility index (Phi) is 5.46. The van der Waals surface area contributed by atoms with E-state index in [2.05, 4.69) is 44.2 Å². The van der Waals surface area contributed by atoms with E-state index in [0.29, 0.717) is 41.9 Å². The van der Waals surface area contributed by atoms with Crippen molar-refractivity contribution in [3.63, 3.8) is 0 Å². The topological polar surface area (TPSA) is 97.0 Å². The van der Waals surface area contributed by atoms with Crippen LogP contribution in [-0.4, -0.2) is 56.3 Å². The number of nitrogens with one attached hydrogen (secondary N) is 1. The van der Waals surface area contributed by atoms with Gasteiger partial charge in [0.25, 0.3) is 5.91 Å². The van der Waals surface area contributed by atoms with Crippen LogP contribution in [0.2, 0.25) is 0 Å². The van der Waals surface area contributed by atoms with Gasteiger partial charge in [0.15, 0.2) is 5.67 Å². The number of piperidine rings is 1. The number of aryl methyl sites for hydroxylation is 1. The minimum absolute atomic E-state index is 0.182. The van der Waals surface area contributed by atoms with Gasteiger partial charge in [-0.1, -0.05) is 13.8 Å². The van der Waals surface area contributed by atoms with Crippen molar-refractivity contribution in [2.45, 2.75) is 39.3 Å². The molecule has 3 aromatic heterocycles. The van der Waals surface area contributed by atoms with Crippen molar-refractivity contribution in [1.29, 1.82) is 0 Å². The smallest absolute Gasteiger partial charge is 0.263 e. The Balaban J connectivity index is 1.48. The average molecular weight is 412 g/mol. The fraction of sp³-hybridized carbons (Fsp3) is 0.476. The van der Waals surface area contributed by atoms with E-state index < -0.39 is 11.6 Å². The lowest BCUT2D eigenvalue weighted by Crippen LogP contribution is -2.49. The summed E-state index contributed by atoms with van der Waals surface area (Å²) in [4.78, 5) is 23.4. The summed E-state index contributed by atoms with van der Waals surface area (Å²) in [5, 5.41) is 11.2. The highest BCUT2D eigenvalue weighted by molar-refractivity contribution is 5.98. The number of aromatic nitrogens is 4. The Hall–Kier alpha value is -2.94. The molecule has 0 aromatic carbocycles. The van der Waals surface area contributed by atoms with Crippen LogP contribution in [0.3, 0.4) is 0 Å². The second-order valence-electron chi connectivity index (χ2n) is 8.23. The first-order valence-corrected chi connectivity index (χ1v) is 10.1. The van der Waals surface area contributed by atoms with Crippen molar-refractivity contribution in [3.05, 3.63) is 30.4 Å². The third-order valence-corrected chi connectivity index (χ3v) is 5.26. The monoisotopic (exact) mass is 412 g/mol. The number of anilines is 1. The highest BCUT2D eigenvalue weighted by Gasteiger charge is 2.41. The molecule has 8 nitrogen and oxygen atoms in total. The molecule has 1 saturated heterocycles. The van der Waals surface area contributed by atoms with Crippen molar-refractivity contribution in [2.24, 2.45) is 5.92 Å². The molecule has 0 spiro atoms. The minimum atomic E-state index is -1.88. The number of fused-ring (bicyclic) bond motifs is 1. The first-order chi connectivity index (χ1) is 14.3. The Bertz CT molecular complexity index is 1060. The van der Waals surface area contributed by atoms with Crippen LogP contribution in [-0.2, 0) is 4.79 Å². The van der Waals surface area contributed by atoms with Gasteiger partial charge in [-0.15, -0.1) is 10.2 Å². The first-order valence-electron chi connectivity index (χ1n) is 10.1. The largest absolute Gasteiger partial charge is 0.421 e. The van der Waals surface area contributed by atoms with Crippen molar-refractivity contribution in [2.75, 3.05) is 25.0 Å². The number of amides is 1. The fourth-order valence-corrected chi connectivity index (χ4v) is 3.69. The zero-order valence-electron chi connectivity index (χ0n) is 17.4. The van der Waals surface area contributed by atoms with Gasteiger partial charge in [-0.05, 0) is 18.1 Å². The lowest BCUT2D eigenvalue weighted by Gasteiger charge is -2.36. The molecule has 0 radical (unpaired) electrons.